The number of nitrogens with one attached hydrogen (secondary N) is 2. The normalized spacial score (nSPS) is 18.8. The second-order valence-electron chi connectivity index (χ2n) is 4.88. The zero-order chi connectivity index (χ0) is 13.8. The van der Waals surface area contributed by atoms with Gasteiger partial charge in [-0.1, -0.05) is 18.2 Å². The highest BCUT2D eigenvalue weighted by Crippen LogP contribution is 2.06. The molecule has 0 bridgehead atoms. The SMILES string of the molecule is O=C1CCC(NCc2cnn(-c3ccccc3)n2)CN1. The van der Waals surface area contributed by atoms with Crippen LogP contribution in [-0.2, 0) is 11.3 Å². The molecule has 2 aromatic rings. The monoisotopic (exact) mass is 271 g/mol. The summed E-state index contributed by atoms with van der Waals surface area (Å²) in [4.78, 5) is 12.7. The van der Waals surface area contributed by atoms with Gasteiger partial charge in [-0.15, -0.1) is 0 Å². The Hall–Kier alpha value is -2.21. The minimum absolute atomic E-state index is 0.137. The highest BCUT2D eigenvalue weighted by Gasteiger charge is 2.17. The number of amides is 1. The summed E-state index contributed by atoms with van der Waals surface area (Å²) in [5, 5.41) is 14.9. The molecule has 0 radical (unpaired) electrons. The maximum atomic E-state index is 11.1. The maximum Gasteiger partial charge on any atom is 0.220 e. The van der Waals surface area contributed by atoms with Gasteiger partial charge in [-0.05, 0) is 18.6 Å². The number of benzene rings is 1. The molecule has 1 fully saturated rings. The fourth-order valence-corrected chi connectivity index (χ4v) is 2.22. The van der Waals surface area contributed by atoms with Crippen molar-refractivity contribution in [1.82, 2.24) is 25.6 Å². The smallest absolute Gasteiger partial charge is 0.220 e. The highest BCUT2D eigenvalue weighted by atomic mass is 16.1. The van der Waals surface area contributed by atoms with E-state index in [0.29, 0.717) is 25.6 Å². The zero-order valence-electron chi connectivity index (χ0n) is 11.1. The molecule has 0 saturated carbocycles. The summed E-state index contributed by atoms with van der Waals surface area (Å²) in [6.07, 6.45) is 3.23. The van der Waals surface area contributed by atoms with Crippen molar-refractivity contribution in [2.45, 2.75) is 25.4 Å². The van der Waals surface area contributed by atoms with Gasteiger partial charge in [-0.3, -0.25) is 4.79 Å². The number of piperidine rings is 1. The number of carbonyl (C=O) groups is 1. The second-order valence-corrected chi connectivity index (χ2v) is 4.88. The predicted octanol–water partition coefficient (Wildman–Crippen LogP) is 0.635. The molecule has 20 heavy (non-hydrogen) atoms. The number of hydrogen-bond donors (Lipinski definition) is 2. The van der Waals surface area contributed by atoms with Gasteiger partial charge in [0.1, 0.15) is 0 Å². The molecule has 0 spiro atoms. The largest absolute Gasteiger partial charge is 0.355 e. The van der Waals surface area contributed by atoms with Crippen LogP contribution in [0.1, 0.15) is 18.5 Å². The summed E-state index contributed by atoms with van der Waals surface area (Å²) in [6, 6.07) is 10.1. The topological polar surface area (TPSA) is 71.8 Å². The van der Waals surface area contributed by atoms with Crippen LogP contribution in [-0.4, -0.2) is 33.5 Å². The van der Waals surface area contributed by atoms with E-state index in [-0.39, 0.29) is 5.91 Å². The first-order chi connectivity index (χ1) is 9.81. The first-order valence-electron chi connectivity index (χ1n) is 6.78. The van der Waals surface area contributed by atoms with Crippen LogP contribution >= 0.6 is 0 Å². The van der Waals surface area contributed by atoms with Crippen LogP contribution in [0.5, 0.6) is 0 Å². The molecule has 1 aromatic carbocycles. The lowest BCUT2D eigenvalue weighted by Crippen LogP contribution is -2.45. The summed E-state index contributed by atoms with van der Waals surface area (Å²) in [6.45, 7) is 1.35. The van der Waals surface area contributed by atoms with Gasteiger partial charge in [0.2, 0.25) is 5.91 Å². The van der Waals surface area contributed by atoms with E-state index in [1.54, 1.807) is 11.0 Å². The quantitative estimate of drug-likeness (QED) is 0.856. The Bertz CT molecular complexity index is 570. The van der Waals surface area contributed by atoms with Crippen molar-refractivity contribution in [1.29, 1.82) is 0 Å². The fraction of sp³-hybridized carbons (Fsp3) is 0.357. The Morgan fingerprint density at radius 1 is 1.35 bits per heavy atom. The molecule has 1 atom stereocenters. The molecule has 1 unspecified atom stereocenters. The van der Waals surface area contributed by atoms with Crippen LogP contribution < -0.4 is 10.6 Å². The van der Waals surface area contributed by atoms with Gasteiger partial charge in [0.05, 0.1) is 17.6 Å². The standard InChI is InChI=1S/C14H17N5O/c20-14-7-6-11(8-16-14)15-9-12-10-17-19(18-12)13-4-2-1-3-5-13/h1-5,10-11,15H,6-9H2,(H,16,20). The molecule has 3 rings (SSSR count). The van der Waals surface area contributed by atoms with Crippen LogP contribution in [0.15, 0.2) is 36.5 Å². The van der Waals surface area contributed by atoms with E-state index >= 15 is 0 Å². The van der Waals surface area contributed by atoms with E-state index in [0.717, 1.165) is 17.8 Å². The highest BCUT2D eigenvalue weighted by molar-refractivity contribution is 5.76. The van der Waals surface area contributed by atoms with E-state index < -0.39 is 0 Å². The van der Waals surface area contributed by atoms with Crippen LogP contribution in [0.4, 0.5) is 0 Å². The van der Waals surface area contributed by atoms with Crippen LogP contribution in [0, 0.1) is 0 Å². The Kier molecular flexibility index (Phi) is 3.73. The van der Waals surface area contributed by atoms with E-state index in [9.17, 15) is 4.79 Å². The number of rotatable bonds is 4. The second kappa shape index (κ2) is 5.83. The van der Waals surface area contributed by atoms with Crippen LogP contribution in [0.25, 0.3) is 5.69 Å². The van der Waals surface area contributed by atoms with Gasteiger partial charge in [0, 0.05) is 25.6 Å². The van der Waals surface area contributed by atoms with Crippen molar-refractivity contribution < 1.29 is 4.79 Å². The Morgan fingerprint density at radius 2 is 2.20 bits per heavy atom. The predicted molar refractivity (Wildman–Crippen MR) is 74.2 cm³/mol. The number of para-hydroxylation sites is 1. The lowest BCUT2D eigenvalue weighted by molar-refractivity contribution is -0.122. The van der Waals surface area contributed by atoms with Crippen molar-refractivity contribution in [3.63, 3.8) is 0 Å². The van der Waals surface area contributed by atoms with Gasteiger partial charge < -0.3 is 10.6 Å². The van der Waals surface area contributed by atoms with Gasteiger partial charge >= 0.3 is 0 Å². The Morgan fingerprint density at radius 3 is 2.95 bits per heavy atom. The van der Waals surface area contributed by atoms with Crippen molar-refractivity contribution in [2.24, 2.45) is 0 Å². The fourth-order valence-electron chi connectivity index (χ4n) is 2.22. The maximum absolute atomic E-state index is 11.1. The average Bonchev–Trinajstić information content (AvgIpc) is 2.97. The van der Waals surface area contributed by atoms with E-state index in [2.05, 4.69) is 20.8 Å². The van der Waals surface area contributed by atoms with Gasteiger partial charge in [-0.2, -0.15) is 15.0 Å². The van der Waals surface area contributed by atoms with Gasteiger partial charge in [0.15, 0.2) is 0 Å². The van der Waals surface area contributed by atoms with Crippen LogP contribution in [0.2, 0.25) is 0 Å². The number of nitrogens with zero attached hydrogens (tertiary/aromatic N) is 3. The molecule has 2 N–H and O–H groups in total. The molecule has 1 aromatic heterocycles. The summed E-state index contributed by atoms with van der Waals surface area (Å²) in [5.41, 5.74) is 1.84. The molecule has 0 aliphatic carbocycles. The van der Waals surface area contributed by atoms with Crippen molar-refractivity contribution in [2.75, 3.05) is 6.54 Å². The van der Waals surface area contributed by atoms with E-state index in [4.69, 9.17) is 0 Å². The number of aromatic nitrogens is 3. The third kappa shape index (κ3) is 3.03. The Labute approximate surface area is 117 Å². The molecule has 6 heteroatoms. The third-order valence-electron chi connectivity index (χ3n) is 3.36. The third-order valence-corrected chi connectivity index (χ3v) is 3.36. The minimum atomic E-state index is 0.137. The Balaban J connectivity index is 1.57. The summed E-state index contributed by atoms with van der Waals surface area (Å²) in [5.74, 6) is 0.137. The molecular weight excluding hydrogens is 254 g/mol. The summed E-state index contributed by atoms with van der Waals surface area (Å²) < 4.78 is 0. The summed E-state index contributed by atoms with van der Waals surface area (Å²) in [7, 11) is 0. The van der Waals surface area contributed by atoms with Crippen molar-refractivity contribution in [3.05, 3.63) is 42.2 Å². The number of hydrogen-bond acceptors (Lipinski definition) is 4. The lowest BCUT2D eigenvalue weighted by atomic mass is 10.1. The van der Waals surface area contributed by atoms with Crippen molar-refractivity contribution in [3.8, 4) is 5.69 Å². The molecule has 1 amide bonds. The molecule has 2 heterocycles. The molecular formula is C14H17N5O. The average molecular weight is 271 g/mol. The minimum Gasteiger partial charge on any atom is -0.355 e. The molecule has 1 aliphatic rings. The molecule has 104 valence electrons. The first kappa shape index (κ1) is 12.8. The first-order valence-corrected chi connectivity index (χ1v) is 6.78. The van der Waals surface area contributed by atoms with E-state index in [1.807, 2.05) is 30.3 Å². The van der Waals surface area contributed by atoms with Gasteiger partial charge in [0.25, 0.3) is 0 Å². The molecule has 1 aliphatic heterocycles. The lowest BCUT2D eigenvalue weighted by Gasteiger charge is -2.22. The van der Waals surface area contributed by atoms with Crippen LogP contribution in [0.3, 0.4) is 0 Å². The molecule has 6 nitrogen and oxygen atoms in total. The summed E-state index contributed by atoms with van der Waals surface area (Å²) >= 11 is 0. The van der Waals surface area contributed by atoms with E-state index in [1.165, 1.54) is 0 Å². The van der Waals surface area contributed by atoms with Crippen molar-refractivity contribution >= 4 is 5.91 Å². The zero-order valence-corrected chi connectivity index (χ0v) is 11.1. The molecule has 1 saturated heterocycles. The number of carbonyl (C=O) groups excluding carboxylic acids is 1. The van der Waals surface area contributed by atoms with Gasteiger partial charge in [-0.25, -0.2) is 0 Å².